The highest BCUT2D eigenvalue weighted by atomic mass is 14.3. The van der Waals surface area contributed by atoms with Gasteiger partial charge in [0.25, 0.3) is 0 Å². The summed E-state index contributed by atoms with van der Waals surface area (Å²) >= 11 is 0. The van der Waals surface area contributed by atoms with Crippen LogP contribution < -0.4 is 5.46 Å². The highest BCUT2D eigenvalue weighted by Crippen LogP contribution is 2.41. The largest absolute Gasteiger partial charge is 0.198 e. The van der Waals surface area contributed by atoms with Crippen LogP contribution in [0.1, 0.15) is 28.1 Å². The first-order valence-corrected chi connectivity index (χ1v) is 10.2. The molecule has 0 radical (unpaired) electrons. The lowest BCUT2D eigenvalue weighted by molar-refractivity contribution is 1.15. The molecule has 1 heteroatoms. The summed E-state index contributed by atoms with van der Waals surface area (Å²) in [7, 11) is 0. The van der Waals surface area contributed by atoms with Gasteiger partial charge in [0.2, 0.25) is 0 Å². The van der Waals surface area contributed by atoms with Crippen molar-refractivity contribution < 1.29 is 0 Å². The monoisotopic (exact) mass is 356 g/mol. The maximum absolute atomic E-state index is 2.43. The minimum Gasteiger partial charge on any atom is -0.0845 e. The van der Waals surface area contributed by atoms with Crippen LogP contribution in [0.3, 0.4) is 0 Å². The maximum atomic E-state index is 2.43. The second kappa shape index (κ2) is 6.24. The number of hydrogen-bond acceptors (Lipinski definition) is 0. The lowest BCUT2D eigenvalue weighted by atomic mass is 9.29. The van der Waals surface area contributed by atoms with Crippen LogP contribution in [0.25, 0.3) is 17.2 Å². The van der Waals surface area contributed by atoms with E-state index in [1.165, 1.54) is 38.8 Å². The molecule has 0 nitrogen and oxygen atoms in total. The second-order valence-electron chi connectivity index (χ2n) is 8.09. The third-order valence-electron chi connectivity index (χ3n) is 6.66. The summed E-state index contributed by atoms with van der Waals surface area (Å²) in [5.74, 6) is 0.861. The summed E-state index contributed by atoms with van der Waals surface area (Å²) in [6.45, 7) is 0.430. The normalized spacial score (nSPS) is 18.4. The van der Waals surface area contributed by atoms with E-state index in [1.807, 2.05) is 0 Å². The Labute approximate surface area is 167 Å². The van der Waals surface area contributed by atoms with Gasteiger partial charge in [-0.15, -0.1) is 0 Å². The molecule has 132 valence electrons. The van der Waals surface area contributed by atoms with Crippen LogP contribution in [0.4, 0.5) is 0 Å². The molecule has 6 rings (SSSR count). The average Bonchev–Trinajstić information content (AvgIpc) is 3.48. The van der Waals surface area contributed by atoms with Crippen molar-refractivity contribution in [2.45, 2.75) is 18.1 Å². The van der Waals surface area contributed by atoms with E-state index in [4.69, 9.17) is 0 Å². The SMILES string of the molecule is C1=CC(B(c2cccc3c2Cc2ccccc2-3)C2C=Cc3ccccc32)C=C1. The van der Waals surface area contributed by atoms with Gasteiger partial charge in [0, 0.05) is 0 Å². The summed E-state index contributed by atoms with van der Waals surface area (Å²) < 4.78 is 0. The van der Waals surface area contributed by atoms with Crippen LogP contribution in [-0.2, 0) is 6.42 Å². The number of allylic oxidation sites excluding steroid dienone is 5. The molecule has 3 aromatic carbocycles. The van der Waals surface area contributed by atoms with E-state index in [9.17, 15) is 0 Å². The molecule has 0 spiro atoms. The first-order valence-electron chi connectivity index (χ1n) is 10.2. The van der Waals surface area contributed by atoms with Gasteiger partial charge in [0.15, 0.2) is 6.71 Å². The molecule has 0 fully saturated rings. The lowest BCUT2D eigenvalue weighted by Gasteiger charge is -2.27. The number of fused-ring (bicyclic) bond motifs is 4. The topological polar surface area (TPSA) is 0 Å². The number of hydrogen-bond donors (Lipinski definition) is 0. The molecule has 0 amide bonds. The van der Waals surface area contributed by atoms with Crippen molar-refractivity contribution in [3.8, 4) is 11.1 Å². The predicted molar refractivity (Wildman–Crippen MR) is 120 cm³/mol. The Morgan fingerprint density at radius 3 is 2.43 bits per heavy atom. The fourth-order valence-electron chi connectivity index (χ4n) is 5.41. The molecule has 1 unspecified atom stereocenters. The van der Waals surface area contributed by atoms with E-state index in [2.05, 4.69) is 103 Å². The molecule has 0 heterocycles. The quantitative estimate of drug-likeness (QED) is 0.407. The van der Waals surface area contributed by atoms with Gasteiger partial charge in [-0.2, -0.15) is 0 Å². The highest BCUT2D eigenvalue weighted by molar-refractivity contribution is 6.78. The molecule has 3 aromatic rings. The maximum Gasteiger partial charge on any atom is 0.198 e. The van der Waals surface area contributed by atoms with Crippen molar-refractivity contribution in [3.05, 3.63) is 119 Å². The van der Waals surface area contributed by atoms with E-state index < -0.39 is 0 Å². The molecule has 0 saturated heterocycles. The summed E-state index contributed by atoms with van der Waals surface area (Å²) in [6.07, 6.45) is 15.0. The summed E-state index contributed by atoms with van der Waals surface area (Å²) in [6, 6.07) is 24.7. The molecule has 0 aliphatic heterocycles. The molecule has 3 aliphatic carbocycles. The van der Waals surface area contributed by atoms with Gasteiger partial charge in [0.05, 0.1) is 0 Å². The van der Waals surface area contributed by atoms with E-state index >= 15 is 0 Å². The van der Waals surface area contributed by atoms with Gasteiger partial charge in [0.1, 0.15) is 0 Å². The zero-order valence-electron chi connectivity index (χ0n) is 15.8. The first kappa shape index (κ1) is 16.0. The van der Waals surface area contributed by atoms with Crippen molar-refractivity contribution in [3.63, 3.8) is 0 Å². The molecular weight excluding hydrogens is 335 g/mol. The Morgan fingerprint density at radius 1 is 0.714 bits per heavy atom. The fraction of sp³-hybridized carbons (Fsp3) is 0.111. The fourth-order valence-corrected chi connectivity index (χ4v) is 5.41. The van der Waals surface area contributed by atoms with Crippen LogP contribution >= 0.6 is 0 Å². The van der Waals surface area contributed by atoms with Crippen LogP contribution in [0, 0.1) is 0 Å². The summed E-state index contributed by atoms with van der Waals surface area (Å²) in [5, 5.41) is 0. The Bertz CT molecular complexity index is 1150. The number of rotatable bonds is 3. The average molecular weight is 356 g/mol. The predicted octanol–water partition coefficient (Wildman–Crippen LogP) is 5.81. The van der Waals surface area contributed by atoms with Crippen LogP contribution in [0.2, 0.25) is 5.82 Å². The third-order valence-corrected chi connectivity index (χ3v) is 6.66. The summed E-state index contributed by atoms with van der Waals surface area (Å²) in [5.41, 5.74) is 10.2. The van der Waals surface area contributed by atoms with Gasteiger partial charge < -0.3 is 0 Å². The Hall–Kier alpha value is -3.06. The molecule has 28 heavy (non-hydrogen) atoms. The van der Waals surface area contributed by atoms with E-state index in [1.54, 1.807) is 0 Å². The van der Waals surface area contributed by atoms with Crippen LogP contribution in [-0.4, -0.2) is 6.71 Å². The van der Waals surface area contributed by atoms with E-state index in [0.29, 0.717) is 18.3 Å². The lowest BCUT2D eigenvalue weighted by Crippen LogP contribution is -2.41. The minimum atomic E-state index is 0.420. The van der Waals surface area contributed by atoms with Crippen LogP contribution in [0.15, 0.2) is 97.1 Å². The van der Waals surface area contributed by atoms with E-state index in [-0.39, 0.29) is 0 Å². The van der Waals surface area contributed by atoms with Crippen molar-refractivity contribution in [1.29, 1.82) is 0 Å². The summed E-state index contributed by atoms with van der Waals surface area (Å²) in [4.78, 5) is 0. The molecule has 0 bridgehead atoms. The van der Waals surface area contributed by atoms with Gasteiger partial charge in [-0.05, 0) is 51.4 Å². The number of benzene rings is 3. The minimum absolute atomic E-state index is 0.420. The second-order valence-corrected chi connectivity index (χ2v) is 8.09. The zero-order valence-corrected chi connectivity index (χ0v) is 15.8. The Balaban J connectivity index is 1.52. The Morgan fingerprint density at radius 2 is 1.50 bits per heavy atom. The van der Waals surface area contributed by atoms with Crippen molar-refractivity contribution in [1.82, 2.24) is 0 Å². The van der Waals surface area contributed by atoms with Crippen molar-refractivity contribution in [2.75, 3.05) is 0 Å². The van der Waals surface area contributed by atoms with Crippen molar-refractivity contribution in [2.24, 2.45) is 0 Å². The molecule has 3 aliphatic rings. The zero-order chi connectivity index (χ0) is 18.5. The van der Waals surface area contributed by atoms with Gasteiger partial charge >= 0.3 is 0 Å². The molecule has 0 saturated carbocycles. The first-order chi connectivity index (χ1) is 13.9. The van der Waals surface area contributed by atoms with Crippen LogP contribution in [0.5, 0.6) is 0 Å². The molecule has 0 N–H and O–H groups in total. The molecule has 0 aromatic heterocycles. The van der Waals surface area contributed by atoms with Gasteiger partial charge in [-0.1, -0.05) is 109 Å². The highest BCUT2D eigenvalue weighted by Gasteiger charge is 2.38. The van der Waals surface area contributed by atoms with E-state index in [0.717, 1.165) is 6.42 Å². The van der Waals surface area contributed by atoms with Gasteiger partial charge in [-0.3, -0.25) is 0 Å². The standard InChI is InChI=1S/C27H21B/c1-6-13-23-19(8-1)16-17-27(23)28(21-10-3-4-11-21)26-15-7-14-24-22-12-5-2-9-20(22)18-25(24)26/h1-17,21,27H,18H2. The molecular formula is C27H21B. The van der Waals surface area contributed by atoms with Crippen molar-refractivity contribution >= 4 is 18.3 Å². The smallest absolute Gasteiger partial charge is 0.0845 e. The Kier molecular flexibility index (Phi) is 3.55. The third kappa shape index (κ3) is 2.32. The molecule has 1 atom stereocenters. The van der Waals surface area contributed by atoms with Gasteiger partial charge in [-0.25, -0.2) is 0 Å².